The highest BCUT2D eigenvalue weighted by Gasteiger charge is 2.03. The second-order valence-corrected chi connectivity index (χ2v) is 6.05. The van der Waals surface area contributed by atoms with Crippen molar-refractivity contribution in [1.82, 2.24) is 4.98 Å². The Labute approximate surface area is 147 Å². The van der Waals surface area contributed by atoms with Crippen LogP contribution in [0.1, 0.15) is 18.4 Å². The van der Waals surface area contributed by atoms with Crippen molar-refractivity contribution in [3.8, 4) is 11.5 Å². The minimum absolute atomic E-state index is 0.651. The van der Waals surface area contributed by atoms with Crippen LogP contribution < -0.4 is 9.47 Å². The average Bonchev–Trinajstić information content (AvgIpc) is 2.61. The number of aryl methyl sites for hydroxylation is 1. The summed E-state index contributed by atoms with van der Waals surface area (Å²) in [5.41, 5.74) is 1.94. The summed E-state index contributed by atoms with van der Waals surface area (Å²) < 4.78 is 11.6. The number of rotatable bonds is 7. The van der Waals surface area contributed by atoms with Crippen molar-refractivity contribution in [2.75, 3.05) is 13.2 Å². The van der Waals surface area contributed by atoms with Crippen molar-refractivity contribution in [3.05, 3.63) is 65.3 Å². The van der Waals surface area contributed by atoms with E-state index in [0.717, 1.165) is 45.8 Å². The van der Waals surface area contributed by atoms with Crippen LogP contribution in [0.2, 0.25) is 5.02 Å². The predicted molar refractivity (Wildman–Crippen MR) is 98.2 cm³/mol. The minimum atomic E-state index is 0.651. The van der Waals surface area contributed by atoms with Gasteiger partial charge in [-0.2, -0.15) is 0 Å². The van der Waals surface area contributed by atoms with Crippen LogP contribution in [0.3, 0.4) is 0 Å². The van der Waals surface area contributed by atoms with E-state index in [1.165, 1.54) is 0 Å². The van der Waals surface area contributed by atoms with Gasteiger partial charge in [-0.1, -0.05) is 29.8 Å². The van der Waals surface area contributed by atoms with Crippen LogP contribution in [0, 0.1) is 6.92 Å². The van der Waals surface area contributed by atoms with Crippen molar-refractivity contribution in [3.63, 3.8) is 0 Å². The van der Waals surface area contributed by atoms with Crippen LogP contribution in [0.15, 0.2) is 54.7 Å². The first-order chi connectivity index (χ1) is 11.7. The number of halogens is 1. The zero-order chi connectivity index (χ0) is 16.8. The highest BCUT2D eigenvalue weighted by Crippen LogP contribution is 2.23. The maximum atomic E-state index is 6.01. The number of aromatic nitrogens is 1. The quantitative estimate of drug-likeness (QED) is 0.536. The molecule has 0 radical (unpaired) electrons. The van der Waals surface area contributed by atoms with Gasteiger partial charge in [0, 0.05) is 16.6 Å². The molecule has 0 aliphatic heterocycles. The van der Waals surface area contributed by atoms with Gasteiger partial charge in [-0.3, -0.25) is 4.98 Å². The van der Waals surface area contributed by atoms with Crippen LogP contribution >= 0.6 is 11.6 Å². The second-order valence-electron chi connectivity index (χ2n) is 5.65. The molecule has 0 saturated carbocycles. The molecule has 2 aromatic carbocycles. The molecule has 3 nitrogen and oxygen atoms in total. The first kappa shape index (κ1) is 16.6. The minimum Gasteiger partial charge on any atom is -0.494 e. The van der Waals surface area contributed by atoms with E-state index in [1.807, 2.05) is 55.5 Å². The average molecular weight is 342 g/mol. The molecule has 0 atom stereocenters. The molecule has 0 aliphatic rings. The number of benzene rings is 2. The summed E-state index contributed by atoms with van der Waals surface area (Å²) in [7, 11) is 0. The number of unbranched alkanes of at least 4 members (excludes halogenated alkanes) is 1. The lowest BCUT2D eigenvalue weighted by Gasteiger charge is -2.10. The standard InChI is InChI=1S/C20H20ClNO2/c1-15-14-17(9-10-18(15)21)23-12-2-3-13-24-19-8-4-6-16-7-5-11-22-20(16)19/h4-11,14H,2-3,12-13H2,1H3. The van der Waals surface area contributed by atoms with Crippen LogP contribution in [-0.2, 0) is 0 Å². The van der Waals surface area contributed by atoms with Crippen molar-refractivity contribution >= 4 is 22.5 Å². The van der Waals surface area contributed by atoms with Gasteiger partial charge in [0.1, 0.15) is 17.0 Å². The zero-order valence-corrected chi connectivity index (χ0v) is 14.4. The number of hydrogen-bond acceptors (Lipinski definition) is 3. The molecule has 0 aliphatic carbocycles. The number of pyridine rings is 1. The summed E-state index contributed by atoms with van der Waals surface area (Å²) in [6.07, 6.45) is 3.65. The van der Waals surface area contributed by atoms with E-state index in [0.29, 0.717) is 13.2 Å². The van der Waals surface area contributed by atoms with Crippen molar-refractivity contribution < 1.29 is 9.47 Å². The third kappa shape index (κ3) is 4.18. The molecule has 124 valence electrons. The summed E-state index contributed by atoms with van der Waals surface area (Å²) in [5, 5.41) is 1.86. The van der Waals surface area contributed by atoms with Gasteiger partial charge >= 0.3 is 0 Å². The lowest BCUT2D eigenvalue weighted by molar-refractivity contribution is 0.267. The molecule has 0 bridgehead atoms. The van der Waals surface area contributed by atoms with E-state index in [2.05, 4.69) is 4.98 Å². The zero-order valence-electron chi connectivity index (χ0n) is 13.7. The van der Waals surface area contributed by atoms with Gasteiger partial charge in [-0.15, -0.1) is 0 Å². The second kappa shape index (κ2) is 8.02. The first-order valence-electron chi connectivity index (χ1n) is 8.09. The predicted octanol–water partition coefficient (Wildman–Crippen LogP) is 5.43. The van der Waals surface area contributed by atoms with Crippen LogP contribution in [0.4, 0.5) is 0 Å². The van der Waals surface area contributed by atoms with Crippen molar-refractivity contribution in [2.24, 2.45) is 0 Å². The van der Waals surface area contributed by atoms with Gasteiger partial charge in [-0.05, 0) is 55.7 Å². The van der Waals surface area contributed by atoms with Crippen LogP contribution in [0.5, 0.6) is 11.5 Å². The Balaban J connectivity index is 1.43. The Hall–Kier alpha value is -2.26. The fourth-order valence-corrected chi connectivity index (χ4v) is 2.59. The highest BCUT2D eigenvalue weighted by molar-refractivity contribution is 6.31. The van der Waals surface area contributed by atoms with Crippen LogP contribution in [0.25, 0.3) is 10.9 Å². The number of fused-ring (bicyclic) bond motifs is 1. The van der Waals surface area contributed by atoms with E-state index >= 15 is 0 Å². The Morgan fingerprint density at radius 2 is 1.75 bits per heavy atom. The first-order valence-corrected chi connectivity index (χ1v) is 8.47. The fraction of sp³-hybridized carbons (Fsp3) is 0.250. The summed E-state index contributed by atoms with van der Waals surface area (Å²) in [4.78, 5) is 4.39. The third-order valence-electron chi connectivity index (χ3n) is 3.79. The maximum absolute atomic E-state index is 6.01. The molecular weight excluding hydrogens is 322 g/mol. The molecule has 1 aromatic heterocycles. The van der Waals surface area contributed by atoms with Crippen LogP contribution in [-0.4, -0.2) is 18.2 Å². The lowest BCUT2D eigenvalue weighted by atomic mass is 10.2. The van der Waals surface area contributed by atoms with E-state index < -0.39 is 0 Å². The Morgan fingerprint density at radius 3 is 2.58 bits per heavy atom. The summed E-state index contributed by atoms with van der Waals surface area (Å²) in [5.74, 6) is 1.69. The van der Waals surface area contributed by atoms with Gasteiger partial charge in [-0.25, -0.2) is 0 Å². The largest absolute Gasteiger partial charge is 0.494 e. The van der Waals surface area contributed by atoms with Gasteiger partial charge < -0.3 is 9.47 Å². The normalized spacial score (nSPS) is 10.8. The highest BCUT2D eigenvalue weighted by atomic mass is 35.5. The molecule has 3 rings (SSSR count). The molecule has 3 aromatic rings. The van der Waals surface area contributed by atoms with Gasteiger partial charge in [0.25, 0.3) is 0 Å². The summed E-state index contributed by atoms with van der Waals surface area (Å²) >= 11 is 6.01. The van der Waals surface area contributed by atoms with E-state index in [-0.39, 0.29) is 0 Å². The molecule has 1 heterocycles. The number of ether oxygens (including phenoxy) is 2. The van der Waals surface area contributed by atoms with Gasteiger partial charge in [0.05, 0.1) is 13.2 Å². The van der Waals surface area contributed by atoms with Crippen molar-refractivity contribution in [1.29, 1.82) is 0 Å². The summed E-state index contributed by atoms with van der Waals surface area (Å²) in [6, 6.07) is 15.7. The Kier molecular flexibility index (Phi) is 5.55. The van der Waals surface area contributed by atoms with E-state index in [9.17, 15) is 0 Å². The van der Waals surface area contributed by atoms with E-state index in [4.69, 9.17) is 21.1 Å². The topological polar surface area (TPSA) is 31.4 Å². The molecule has 0 fully saturated rings. The molecule has 0 amide bonds. The van der Waals surface area contributed by atoms with Gasteiger partial charge in [0.2, 0.25) is 0 Å². The maximum Gasteiger partial charge on any atom is 0.145 e. The molecular formula is C20H20ClNO2. The summed E-state index contributed by atoms with van der Waals surface area (Å²) in [6.45, 7) is 3.29. The fourth-order valence-electron chi connectivity index (χ4n) is 2.48. The van der Waals surface area contributed by atoms with Crippen molar-refractivity contribution in [2.45, 2.75) is 19.8 Å². The number of hydrogen-bond donors (Lipinski definition) is 0. The molecule has 0 saturated heterocycles. The molecule has 0 unspecified atom stereocenters. The molecule has 0 spiro atoms. The Bertz CT molecular complexity index is 814. The number of nitrogens with zero attached hydrogens (tertiary/aromatic N) is 1. The smallest absolute Gasteiger partial charge is 0.145 e. The van der Waals surface area contributed by atoms with E-state index in [1.54, 1.807) is 6.20 Å². The molecule has 0 N–H and O–H groups in total. The molecule has 24 heavy (non-hydrogen) atoms. The Morgan fingerprint density at radius 1 is 0.958 bits per heavy atom. The SMILES string of the molecule is Cc1cc(OCCCCOc2cccc3cccnc23)ccc1Cl. The third-order valence-corrected chi connectivity index (χ3v) is 4.21. The lowest BCUT2D eigenvalue weighted by Crippen LogP contribution is -2.03. The monoisotopic (exact) mass is 341 g/mol. The van der Waals surface area contributed by atoms with Gasteiger partial charge in [0.15, 0.2) is 0 Å². The molecule has 4 heteroatoms. The number of para-hydroxylation sites is 1.